The molecular weight excluding hydrogens is 184 g/mol. The first-order valence-electron chi connectivity index (χ1n) is 4.25. The number of rotatable bonds is 0. The highest BCUT2D eigenvalue weighted by Gasteiger charge is 2.19. The van der Waals surface area contributed by atoms with Crippen LogP contribution in [0.3, 0.4) is 0 Å². The lowest BCUT2D eigenvalue weighted by Gasteiger charge is -2.10. The van der Waals surface area contributed by atoms with Crippen molar-refractivity contribution in [3.05, 3.63) is 21.5 Å². The summed E-state index contributed by atoms with van der Waals surface area (Å²) in [4.78, 5) is 11.7. The van der Waals surface area contributed by atoms with E-state index in [4.69, 9.17) is 5.73 Å². The number of anilines is 1. The zero-order chi connectivity index (χ0) is 9.59. The van der Waals surface area contributed by atoms with Crippen LogP contribution in [0.2, 0.25) is 0 Å². The molecule has 4 heteroatoms. The summed E-state index contributed by atoms with van der Waals surface area (Å²) in [5.74, 6) is 0.961. The van der Waals surface area contributed by atoms with Gasteiger partial charge >= 0.3 is 0 Å². The molecule has 2 rings (SSSR count). The molecule has 1 aromatic rings. The van der Waals surface area contributed by atoms with Crippen molar-refractivity contribution in [1.29, 1.82) is 0 Å². The predicted octanol–water partition coefficient (Wildman–Crippen LogP) is 1.15. The largest absolute Gasteiger partial charge is 0.396 e. The third-order valence-electron chi connectivity index (χ3n) is 2.56. The second-order valence-electron chi connectivity index (χ2n) is 3.27. The molecule has 2 N–H and O–H groups in total. The quantitative estimate of drug-likeness (QED) is 0.677. The molecule has 0 unspecified atom stereocenters. The summed E-state index contributed by atoms with van der Waals surface area (Å²) in [5, 5.41) is 0.952. The molecule has 0 bridgehead atoms. The average Bonchev–Trinajstić information content (AvgIpc) is 2.59. The topological polar surface area (TPSA) is 48.0 Å². The summed E-state index contributed by atoms with van der Waals surface area (Å²) in [6.07, 6.45) is 0. The van der Waals surface area contributed by atoms with Crippen LogP contribution >= 0.6 is 11.8 Å². The molecular formula is C9H12N2OS. The van der Waals surface area contributed by atoms with Crippen LogP contribution in [0.25, 0.3) is 0 Å². The fourth-order valence-corrected chi connectivity index (χ4v) is 2.66. The minimum Gasteiger partial charge on any atom is -0.396 e. The van der Waals surface area contributed by atoms with E-state index in [0.717, 1.165) is 34.1 Å². The molecule has 3 nitrogen and oxygen atoms in total. The highest BCUT2D eigenvalue weighted by atomic mass is 32.2. The molecule has 70 valence electrons. The highest BCUT2D eigenvalue weighted by Crippen LogP contribution is 2.31. The fourth-order valence-electron chi connectivity index (χ4n) is 1.56. The highest BCUT2D eigenvalue weighted by molar-refractivity contribution is 7.99. The lowest BCUT2D eigenvalue weighted by molar-refractivity contribution is 0.688. The molecule has 2 heterocycles. The molecule has 0 saturated carbocycles. The first-order chi connectivity index (χ1) is 6.13. The lowest BCUT2D eigenvalue weighted by Crippen LogP contribution is -2.23. The molecule has 0 saturated heterocycles. The van der Waals surface area contributed by atoms with Gasteiger partial charge in [-0.3, -0.25) is 4.79 Å². The number of nitrogen functional groups attached to an aromatic ring is 1. The van der Waals surface area contributed by atoms with Gasteiger partial charge in [0.05, 0.1) is 5.69 Å². The van der Waals surface area contributed by atoms with Crippen LogP contribution in [0, 0.1) is 13.8 Å². The second kappa shape index (κ2) is 2.80. The van der Waals surface area contributed by atoms with E-state index in [9.17, 15) is 4.79 Å². The van der Waals surface area contributed by atoms with Crippen LogP contribution in [0.4, 0.5) is 5.69 Å². The summed E-state index contributed by atoms with van der Waals surface area (Å²) in [5.41, 5.74) is 8.53. The van der Waals surface area contributed by atoms with E-state index in [-0.39, 0.29) is 5.56 Å². The zero-order valence-electron chi connectivity index (χ0n) is 7.76. The van der Waals surface area contributed by atoms with Gasteiger partial charge in [-0.1, -0.05) is 0 Å². The van der Waals surface area contributed by atoms with E-state index in [1.165, 1.54) is 0 Å². The van der Waals surface area contributed by atoms with Crippen molar-refractivity contribution in [1.82, 2.24) is 4.57 Å². The maximum Gasteiger partial charge on any atom is 0.254 e. The van der Waals surface area contributed by atoms with Gasteiger partial charge in [0.15, 0.2) is 0 Å². The normalized spacial score (nSPS) is 14.6. The molecule has 0 aliphatic carbocycles. The van der Waals surface area contributed by atoms with Crippen LogP contribution in [-0.2, 0) is 6.54 Å². The standard InChI is InChI=1S/C9H12N2OS/c1-5-6(2)8(12)11-3-4-13-9(11)7(5)10/h3-4,10H2,1-2H3. The minimum atomic E-state index is 0.117. The van der Waals surface area contributed by atoms with Crippen molar-refractivity contribution in [2.45, 2.75) is 25.4 Å². The third-order valence-corrected chi connectivity index (χ3v) is 3.66. The Balaban J connectivity index is 2.85. The summed E-state index contributed by atoms with van der Waals surface area (Å²) in [6, 6.07) is 0. The molecule has 0 radical (unpaired) electrons. The first-order valence-corrected chi connectivity index (χ1v) is 5.23. The Morgan fingerprint density at radius 2 is 2.08 bits per heavy atom. The SMILES string of the molecule is Cc1c(N)c2n(c(=O)c1C)CCS2. The predicted molar refractivity (Wildman–Crippen MR) is 55.3 cm³/mol. The number of hydrogen-bond donors (Lipinski definition) is 1. The maximum atomic E-state index is 11.7. The molecule has 1 aliphatic rings. The smallest absolute Gasteiger partial charge is 0.254 e. The Labute approximate surface area is 80.9 Å². The molecule has 1 aromatic heterocycles. The maximum absolute atomic E-state index is 11.7. The number of fused-ring (bicyclic) bond motifs is 1. The van der Waals surface area contributed by atoms with Crippen LogP contribution in [0.1, 0.15) is 11.1 Å². The van der Waals surface area contributed by atoms with Crippen LogP contribution in [0.15, 0.2) is 9.82 Å². The average molecular weight is 196 g/mol. The van der Waals surface area contributed by atoms with Gasteiger partial charge in [0, 0.05) is 17.9 Å². The molecule has 1 aliphatic heterocycles. The molecule has 0 aromatic carbocycles. The Bertz CT molecular complexity index is 423. The number of thioether (sulfide) groups is 1. The number of pyridine rings is 1. The van der Waals surface area contributed by atoms with E-state index in [1.807, 2.05) is 13.8 Å². The Morgan fingerprint density at radius 3 is 2.77 bits per heavy atom. The van der Waals surface area contributed by atoms with Gasteiger partial charge in [-0.25, -0.2) is 0 Å². The number of hydrogen-bond acceptors (Lipinski definition) is 3. The van der Waals surface area contributed by atoms with Crippen molar-refractivity contribution < 1.29 is 0 Å². The van der Waals surface area contributed by atoms with Gasteiger partial charge in [-0.15, -0.1) is 11.8 Å². The summed E-state index contributed by atoms with van der Waals surface area (Å²) in [6.45, 7) is 4.54. The lowest BCUT2D eigenvalue weighted by atomic mass is 10.1. The third kappa shape index (κ3) is 1.09. The first kappa shape index (κ1) is 8.69. The minimum absolute atomic E-state index is 0.117. The van der Waals surface area contributed by atoms with Gasteiger partial charge in [0.2, 0.25) is 0 Å². The van der Waals surface area contributed by atoms with Crippen molar-refractivity contribution in [2.24, 2.45) is 0 Å². The Hall–Kier alpha value is -0.900. The Kier molecular flexibility index (Phi) is 1.87. The summed E-state index contributed by atoms with van der Waals surface area (Å²) in [7, 11) is 0. The van der Waals surface area contributed by atoms with Crippen LogP contribution < -0.4 is 11.3 Å². The van der Waals surface area contributed by atoms with E-state index >= 15 is 0 Å². The van der Waals surface area contributed by atoms with E-state index in [0.29, 0.717) is 0 Å². The molecule has 13 heavy (non-hydrogen) atoms. The van der Waals surface area contributed by atoms with Crippen LogP contribution in [-0.4, -0.2) is 10.3 Å². The second-order valence-corrected chi connectivity index (χ2v) is 4.36. The zero-order valence-corrected chi connectivity index (χ0v) is 8.57. The van der Waals surface area contributed by atoms with Gasteiger partial charge in [0.1, 0.15) is 5.03 Å². The molecule has 0 fully saturated rings. The monoisotopic (exact) mass is 196 g/mol. The Morgan fingerprint density at radius 1 is 1.38 bits per heavy atom. The van der Waals surface area contributed by atoms with Gasteiger partial charge in [-0.2, -0.15) is 0 Å². The summed E-state index contributed by atoms with van der Waals surface area (Å²) >= 11 is 1.67. The fraction of sp³-hybridized carbons (Fsp3) is 0.444. The van der Waals surface area contributed by atoms with E-state index in [1.54, 1.807) is 16.3 Å². The van der Waals surface area contributed by atoms with Crippen molar-refractivity contribution in [3.63, 3.8) is 0 Å². The number of nitrogens with zero attached hydrogens (tertiary/aromatic N) is 1. The van der Waals surface area contributed by atoms with Gasteiger partial charge < -0.3 is 10.3 Å². The van der Waals surface area contributed by atoms with E-state index in [2.05, 4.69) is 0 Å². The number of nitrogens with two attached hydrogens (primary N) is 1. The van der Waals surface area contributed by atoms with Crippen LogP contribution in [0.5, 0.6) is 0 Å². The van der Waals surface area contributed by atoms with Gasteiger partial charge in [-0.05, 0) is 19.4 Å². The van der Waals surface area contributed by atoms with Crippen molar-refractivity contribution >= 4 is 17.4 Å². The summed E-state index contributed by atoms with van der Waals surface area (Å²) < 4.78 is 1.78. The van der Waals surface area contributed by atoms with Crippen molar-refractivity contribution in [2.75, 3.05) is 11.5 Å². The molecule has 0 spiro atoms. The van der Waals surface area contributed by atoms with Gasteiger partial charge in [0.25, 0.3) is 5.56 Å². The molecule has 0 amide bonds. The molecule has 0 atom stereocenters. The van der Waals surface area contributed by atoms with Crippen molar-refractivity contribution in [3.8, 4) is 0 Å². The number of aromatic nitrogens is 1. The van der Waals surface area contributed by atoms with E-state index < -0.39 is 0 Å².